The van der Waals surface area contributed by atoms with Gasteiger partial charge in [-0.15, -0.1) is 0 Å². The summed E-state index contributed by atoms with van der Waals surface area (Å²) in [5.74, 6) is -0.489. The van der Waals surface area contributed by atoms with E-state index in [-0.39, 0.29) is 11.9 Å². The van der Waals surface area contributed by atoms with Gasteiger partial charge in [0.1, 0.15) is 0 Å². The molecule has 1 aromatic rings. The summed E-state index contributed by atoms with van der Waals surface area (Å²) in [7, 11) is 0. The third-order valence-electron chi connectivity index (χ3n) is 3.50. The molecule has 0 radical (unpaired) electrons. The molecule has 1 heterocycles. The summed E-state index contributed by atoms with van der Waals surface area (Å²) in [5, 5.41) is 2.85. The monoisotopic (exact) mass is 261 g/mol. The molecular weight excluding hydrogens is 242 g/mol. The minimum Gasteiger partial charge on any atom is -0.366 e. The van der Waals surface area contributed by atoms with Crippen LogP contribution in [0.1, 0.15) is 30.1 Å². The van der Waals surface area contributed by atoms with Crippen molar-refractivity contribution in [2.45, 2.75) is 25.8 Å². The molecule has 102 valence electrons. The average Bonchev–Trinajstić information content (AvgIpc) is 2.92. The number of rotatable bonds is 4. The zero-order valence-corrected chi connectivity index (χ0v) is 11.1. The van der Waals surface area contributed by atoms with Crippen LogP contribution in [0, 0.1) is 0 Å². The molecule has 2 rings (SSSR count). The van der Waals surface area contributed by atoms with Crippen molar-refractivity contribution in [2.24, 2.45) is 5.73 Å². The fraction of sp³-hybridized carbons (Fsp3) is 0.429. The van der Waals surface area contributed by atoms with Crippen molar-refractivity contribution in [3.05, 3.63) is 29.8 Å². The van der Waals surface area contributed by atoms with Crippen LogP contribution >= 0.6 is 0 Å². The number of carbonyl (C=O) groups is 2. The summed E-state index contributed by atoms with van der Waals surface area (Å²) in [4.78, 5) is 25.2. The van der Waals surface area contributed by atoms with Crippen LogP contribution in [0.25, 0.3) is 0 Å². The standard InChI is InChI=1S/C14H19N3O2/c1-10(17-8-2-3-9-17)14(19)16-12-6-4-11(5-7-12)13(15)18/h4-7,10H,2-3,8-9H2,1H3,(H2,15,18)(H,16,19). The third kappa shape index (κ3) is 3.32. The number of hydrogen-bond donors (Lipinski definition) is 2. The van der Waals surface area contributed by atoms with Gasteiger partial charge in [-0.2, -0.15) is 0 Å². The van der Waals surface area contributed by atoms with Crippen molar-refractivity contribution in [2.75, 3.05) is 18.4 Å². The lowest BCUT2D eigenvalue weighted by atomic mass is 10.2. The molecule has 1 aliphatic heterocycles. The van der Waals surface area contributed by atoms with Crippen LogP contribution in [0.3, 0.4) is 0 Å². The Kier molecular flexibility index (Phi) is 4.16. The highest BCUT2D eigenvalue weighted by Crippen LogP contribution is 2.14. The largest absolute Gasteiger partial charge is 0.366 e. The molecule has 2 amide bonds. The molecule has 5 heteroatoms. The number of nitrogens with two attached hydrogens (primary N) is 1. The summed E-state index contributed by atoms with van der Waals surface area (Å²) >= 11 is 0. The van der Waals surface area contributed by atoms with E-state index in [1.165, 1.54) is 0 Å². The molecule has 0 saturated carbocycles. The Bertz CT molecular complexity index is 464. The van der Waals surface area contributed by atoms with E-state index in [2.05, 4.69) is 10.2 Å². The molecule has 19 heavy (non-hydrogen) atoms. The number of hydrogen-bond acceptors (Lipinski definition) is 3. The highest BCUT2D eigenvalue weighted by molar-refractivity contribution is 5.96. The van der Waals surface area contributed by atoms with Crippen LogP contribution < -0.4 is 11.1 Å². The molecule has 0 aliphatic carbocycles. The summed E-state index contributed by atoms with van der Waals surface area (Å²) in [6.45, 7) is 3.88. The van der Waals surface area contributed by atoms with Gasteiger partial charge in [0.25, 0.3) is 0 Å². The van der Waals surface area contributed by atoms with Crippen molar-refractivity contribution in [3.63, 3.8) is 0 Å². The molecule has 1 aliphatic rings. The lowest BCUT2D eigenvalue weighted by Gasteiger charge is -2.22. The van der Waals surface area contributed by atoms with E-state index in [1.807, 2.05) is 6.92 Å². The Morgan fingerprint density at radius 2 is 1.79 bits per heavy atom. The van der Waals surface area contributed by atoms with Crippen LogP contribution in [-0.2, 0) is 4.79 Å². The molecule has 1 atom stereocenters. The van der Waals surface area contributed by atoms with Gasteiger partial charge in [-0.25, -0.2) is 0 Å². The third-order valence-corrected chi connectivity index (χ3v) is 3.50. The maximum absolute atomic E-state index is 12.1. The second-order valence-corrected chi connectivity index (χ2v) is 4.85. The lowest BCUT2D eigenvalue weighted by molar-refractivity contribution is -0.120. The summed E-state index contributed by atoms with van der Waals surface area (Å²) in [6, 6.07) is 6.47. The van der Waals surface area contributed by atoms with Crippen molar-refractivity contribution in [1.82, 2.24) is 4.90 Å². The Hall–Kier alpha value is -1.88. The second-order valence-electron chi connectivity index (χ2n) is 4.85. The van der Waals surface area contributed by atoms with E-state index < -0.39 is 5.91 Å². The van der Waals surface area contributed by atoms with Gasteiger partial charge >= 0.3 is 0 Å². The maximum Gasteiger partial charge on any atom is 0.248 e. The van der Waals surface area contributed by atoms with Gasteiger partial charge in [-0.1, -0.05) is 0 Å². The topological polar surface area (TPSA) is 75.4 Å². The van der Waals surface area contributed by atoms with Crippen molar-refractivity contribution in [3.8, 4) is 0 Å². The fourth-order valence-corrected chi connectivity index (χ4v) is 2.26. The molecule has 3 N–H and O–H groups in total. The summed E-state index contributed by atoms with van der Waals surface area (Å²) < 4.78 is 0. The number of carbonyl (C=O) groups excluding carboxylic acids is 2. The van der Waals surface area contributed by atoms with Gasteiger partial charge in [0.05, 0.1) is 6.04 Å². The molecule has 1 unspecified atom stereocenters. The quantitative estimate of drug-likeness (QED) is 0.855. The Morgan fingerprint density at radius 1 is 1.21 bits per heavy atom. The van der Waals surface area contributed by atoms with Gasteiger partial charge in [0.15, 0.2) is 0 Å². The Balaban J connectivity index is 1.96. The Morgan fingerprint density at radius 3 is 2.32 bits per heavy atom. The highest BCUT2D eigenvalue weighted by Gasteiger charge is 2.23. The first-order valence-corrected chi connectivity index (χ1v) is 6.52. The number of primary amides is 1. The maximum atomic E-state index is 12.1. The van der Waals surface area contributed by atoms with E-state index in [4.69, 9.17) is 5.73 Å². The molecule has 0 spiro atoms. The lowest BCUT2D eigenvalue weighted by Crippen LogP contribution is -2.40. The SMILES string of the molecule is CC(C(=O)Nc1ccc(C(N)=O)cc1)N1CCCC1. The van der Waals surface area contributed by atoms with E-state index in [0.29, 0.717) is 11.3 Å². The second kappa shape index (κ2) is 5.84. The molecule has 1 fully saturated rings. The van der Waals surface area contributed by atoms with E-state index in [0.717, 1.165) is 25.9 Å². The minimum atomic E-state index is -0.469. The van der Waals surface area contributed by atoms with Crippen molar-refractivity contribution >= 4 is 17.5 Å². The first-order chi connectivity index (χ1) is 9.08. The van der Waals surface area contributed by atoms with Crippen LogP contribution in [0.5, 0.6) is 0 Å². The molecular formula is C14H19N3O2. The molecule has 5 nitrogen and oxygen atoms in total. The number of amides is 2. The van der Waals surface area contributed by atoms with Crippen LogP contribution in [0.2, 0.25) is 0 Å². The predicted octanol–water partition coefficient (Wildman–Crippen LogP) is 1.21. The van der Waals surface area contributed by atoms with Gasteiger partial charge in [-0.05, 0) is 57.1 Å². The minimum absolute atomic E-state index is 0.0197. The van der Waals surface area contributed by atoms with Gasteiger partial charge in [0, 0.05) is 11.3 Å². The number of anilines is 1. The molecule has 1 saturated heterocycles. The smallest absolute Gasteiger partial charge is 0.248 e. The van der Waals surface area contributed by atoms with Crippen LogP contribution in [-0.4, -0.2) is 35.8 Å². The number of benzene rings is 1. The normalized spacial score (nSPS) is 17.1. The number of likely N-dealkylation sites (tertiary alicyclic amines) is 1. The van der Waals surface area contributed by atoms with Crippen LogP contribution in [0.15, 0.2) is 24.3 Å². The number of nitrogens with one attached hydrogen (secondary N) is 1. The molecule has 0 bridgehead atoms. The molecule has 1 aromatic carbocycles. The summed E-state index contributed by atoms with van der Waals surface area (Å²) in [6.07, 6.45) is 2.32. The van der Waals surface area contributed by atoms with Crippen LogP contribution in [0.4, 0.5) is 5.69 Å². The zero-order valence-electron chi connectivity index (χ0n) is 11.1. The number of nitrogens with zero attached hydrogens (tertiary/aromatic N) is 1. The average molecular weight is 261 g/mol. The van der Waals surface area contributed by atoms with Gasteiger partial charge < -0.3 is 11.1 Å². The Labute approximate surface area is 112 Å². The molecule has 0 aromatic heterocycles. The van der Waals surface area contributed by atoms with E-state index in [9.17, 15) is 9.59 Å². The zero-order chi connectivity index (χ0) is 13.8. The van der Waals surface area contributed by atoms with E-state index >= 15 is 0 Å². The van der Waals surface area contributed by atoms with Crippen molar-refractivity contribution < 1.29 is 9.59 Å². The van der Waals surface area contributed by atoms with Crippen molar-refractivity contribution in [1.29, 1.82) is 0 Å². The highest BCUT2D eigenvalue weighted by atomic mass is 16.2. The first kappa shape index (κ1) is 13.5. The fourth-order valence-electron chi connectivity index (χ4n) is 2.26. The summed E-state index contributed by atoms with van der Waals surface area (Å²) in [5.41, 5.74) is 6.28. The first-order valence-electron chi connectivity index (χ1n) is 6.52. The van der Waals surface area contributed by atoms with Gasteiger partial charge in [0.2, 0.25) is 11.8 Å². The van der Waals surface area contributed by atoms with E-state index in [1.54, 1.807) is 24.3 Å². The predicted molar refractivity (Wildman–Crippen MR) is 73.9 cm³/mol. The van der Waals surface area contributed by atoms with Gasteiger partial charge in [-0.3, -0.25) is 14.5 Å².